The van der Waals surface area contributed by atoms with Crippen LogP contribution in [0.1, 0.15) is 52.4 Å². The van der Waals surface area contributed by atoms with Gasteiger partial charge >= 0.3 is 0 Å². The third-order valence-corrected chi connectivity index (χ3v) is 5.18. The molecule has 14 heavy (non-hydrogen) atoms. The maximum atomic E-state index is 3.86. The number of nitrogens with one attached hydrogen (secondary N) is 1. The van der Waals surface area contributed by atoms with Gasteiger partial charge in [-0.2, -0.15) is 0 Å². The van der Waals surface area contributed by atoms with E-state index in [-0.39, 0.29) is 0 Å². The molecule has 3 aliphatic rings. The molecule has 0 radical (unpaired) electrons. The Kier molecular flexibility index (Phi) is 1.81. The highest BCUT2D eigenvalue weighted by Crippen LogP contribution is 2.61. The summed E-state index contributed by atoms with van der Waals surface area (Å²) < 4.78 is 0. The van der Waals surface area contributed by atoms with Crippen LogP contribution in [0.3, 0.4) is 0 Å². The molecule has 1 heteroatoms. The Balaban J connectivity index is 1.56. The highest BCUT2D eigenvalue weighted by Gasteiger charge is 2.56. The van der Waals surface area contributed by atoms with Crippen LogP contribution < -0.4 is 5.32 Å². The molecule has 3 atom stereocenters. The summed E-state index contributed by atoms with van der Waals surface area (Å²) >= 11 is 0. The Labute approximate surface area is 87.7 Å². The van der Waals surface area contributed by atoms with Crippen molar-refractivity contribution in [1.82, 2.24) is 5.32 Å². The zero-order chi connectivity index (χ0) is 9.81. The molecular formula is C13H23N. The molecule has 3 fully saturated rings. The van der Waals surface area contributed by atoms with Gasteiger partial charge in [-0.1, -0.05) is 20.3 Å². The van der Waals surface area contributed by atoms with Gasteiger partial charge in [0.2, 0.25) is 0 Å². The van der Waals surface area contributed by atoms with Gasteiger partial charge < -0.3 is 5.32 Å². The van der Waals surface area contributed by atoms with Gasteiger partial charge in [-0.3, -0.25) is 0 Å². The molecule has 0 aromatic heterocycles. The second-order valence-electron chi connectivity index (χ2n) is 6.58. The van der Waals surface area contributed by atoms with E-state index in [1.807, 2.05) is 0 Å². The molecule has 3 unspecified atom stereocenters. The highest BCUT2D eigenvalue weighted by atomic mass is 15.0. The fourth-order valence-corrected chi connectivity index (χ4v) is 3.32. The molecule has 0 aliphatic heterocycles. The maximum absolute atomic E-state index is 3.86. The Morgan fingerprint density at radius 2 is 2.00 bits per heavy atom. The summed E-state index contributed by atoms with van der Waals surface area (Å²) in [7, 11) is 0. The maximum Gasteiger partial charge on any atom is 0.0124 e. The van der Waals surface area contributed by atoms with E-state index in [2.05, 4.69) is 19.2 Å². The van der Waals surface area contributed by atoms with Crippen molar-refractivity contribution in [2.24, 2.45) is 16.7 Å². The SMILES string of the molecule is CC1(CNC2CCCC3CC32C)CC1. The smallest absolute Gasteiger partial charge is 0.0124 e. The lowest BCUT2D eigenvalue weighted by Crippen LogP contribution is -2.41. The molecule has 0 aromatic carbocycles. The summed E-state index contributed by atoms with van der Waals surface area (Å²) in [6.45, 7) is 6.21. The summed E-state index contributed by atoms with van der Waals surface area (Å²) in [6, 6.07) is 0.846. The minimum absolute atomic E-state index is 0.679. The van der Waals surface area contributed by atoms with E-state index in [0.29, 0.717) is 10.8 Å². The predicted molar refractivity (Wildman–Crippen MR) is 59.2 cm³/mol. The van der Waals surface area contributed by atoms with Crippen LogP contribution in [-0.4, -0.2) is 12.6 Å². The van der Waals surface area contributed by atoms with E-state index in [1.165, 1.54) is 45.1 Å². The number of fused-ring (bicyclic) bond motifs is 1. The zero-order valence-corrected chi connectivity index (χ0v) is 9.60. The predicted octanol–water partition coefficient (Wildman–Crippen LogP) is 2.95. The van der Waals surface area contributed by atoms with Gasteiger partial charge in [0.15, 0.2) is 0 Å². The molecule has 3 rings (SSSR count). The first-order chi connectivity index (χ1) is 6.62. The fraction of sp³-hybridized carbons (Fsp3) is 1.00. The van der Waals surface area contributed by atoms with Crippen molar-refractivity contribution in [2.75, 3.05) is 6.54 Å². The number of rotatable bonds is 3. The van der Waals surface area contributed by atoms with Crippen molar-refractivity contribution in [3.05, 3.63) is 0 Å². The molecule has 3 saturated carbocycles. The van der Waals surface area contributed by atoms with Crippen LogP contribution in [0.25, 0.3) is 0 Å². The van der Waals surface area contributed by atoms with Crippen molar-refractivity contribution in [3.63, 3.8) is 0 Å². The van der Waals surface area contributed by atoms with Crippen LogP contribution in [0, 0.1) is 16.7 Å². The minimum Gasteiger partial charge on any atom is -0.313 e. The first-order valence-electron chi connectivity index (χ1n) is 6.36. The highest BCUT2D eigenvalue weighted by molar-refractivity contribution is 5.09. The molecule has 1 nitrogen and oxygen atoms in total. The topological polar surface area (TPSA) is 12.0 Å². The van der Waals surface area contributed by atoms with Gasteiger partial charge in [-0.05, 0) is 48.9 Å². The van der Waals surface area contributed by atoms with Crippen LogP contribution in [-0.2, 0) is 0 Å². The quantitative estimate of drug-likeness (QED) is 0.726. The zero-order valence-electron chi connectivity index (χ0n) is 9.60. The summed E-state index contributed by atoms with van der Waals surface area (Å²) in [6.07, 6.45) is 8.81. The molecule has 1 N–H and O–H groups in total. The Morgan fingerprint density at radius 3 is 2.71 bits per heavy atom. The Hall–Kier alpha value is -0.0400. The van der Waals surface area contributed by atoms with Crippen molar-refractivity contribution in [1.29, 1.82) is 0 Å². The minimum atomic E-state index is 0.679. The molecule has 3 aliphatic carbocycles. The van der Waals surface area contributed by atoms with Crippen LogP contribution in [0.2, 0.25) is 0 Å². The largest absolute Gasteiger partial charge is 0.313 e. The molecule has 0 amide bonds. The van der Waals surface area contributed by atoms with Crippen molar-refractivity contribution in [3.8, 4) is 0 Å². The second-order valence-corrected chi connectivity index (χ2v) is 6.58. The van der Waals surface area contributed by atoms with E-state index >= 15 is 0 Å². The van der Waals surface area contributed by atoms with Gasteiger partial charge in [0.05, 0.1) is 0 Å². The standard InChI is InChI=1S/C13H23N/c1-12(6-7-12)9-14-11-5-3-4-10-8-13(10,11)2/h10-11,14H,3-9H2,1-2H3. The van der Waals surface area contributed by atoms with E-state index < -0.39 is 0 Å². The van der Waals surface area contributed by atoms with Crippen LogP contribution in [0.5, 0.6) is 0 Å². The lowest BCUT2D eigenvalue weighted by molar-refractivity contribution is 0.250. The lowest BCUT2D eigenvalue weighted by atomic mass is 9.84. The molecule has 80 valence electrons. The van der Waals surface area contributed by atoms with Gasteiger partial charge in [0, 0.05) is 12.6 Å². The average molecular weight is 193 g/mol. The summed E-state index contributed by atoms with van der Waals surface area (Å²) in [5.74, 6) is 1.07. The Morgan fingerprint density at radius 1 is 1.21 bits per heavy atom. The average Bonchev–Trinajstić information content (AvgIpc) is 3.00. The second kappa shape index (κ2) is 2.75. The van der Waals surface area contributed by atoms with Crippen LogP contribution >= 0.6 is 0 Å². The van der Waals surface area contributed by atoms with E-state index in [1.54, 1.807) is 0 Å². The van der Waals surface area contributed by atoms with Crippen molar-refractivity contribution >= 4 is 0 Å². The first kappa shape index (κ1) is 9.21. The summed E-state index contributed by atoms with van der Waals surface area (Å²) in [4.78, 5) is 0. The normalized spacial score (nSPS) is 48.4. The van der Waals surface area contributed by atoms with Gasteiger partial charge in [0.1, 0.15) is 0 Å². The molecule has 0 heterocycles. The van der Waals surface area contributed by atoms with Gasteiger partial charge in [-0.15, -0.1) is 0 Å². The van der Waals surface area contributed by atoms with E-state index in [4.69, 9.17) is 0 Å². The summed E-state index contributed by atoms with van der Waals surface area (Å²) in [5.41, 5.74) is 1.38. The summed E-state index contributed by atoms with van der Waals surface area (Å²) in [5, 5.41) is 3.86. The lowest BCUT2D eigenvalue weighted by Gasteiger charge is -2.31. The first-order valence-corrected chi connectivity index (χ1v) is 6.36. The van der Waals surface area contributed by atoms with Crippen LogP contribution in [0.4, 0.5) is 0 Å². The number of hydrogen-bond acceptors (Lipinski definition) is 1. The van der Waals surface area contributed by atoms with Gasteiger partial charge in [-0.25, -0.2) is 0 Å². The third-order valence-electron chi connectivity index (χ3n) is 5.18. The Bertz CT molecular complexity index is 244. The molecular weight excluding hydrogens is 170 g/mol. The van der Waals surface area contributed by atoms with E-state index in [9.17, 15) is 0 Å². The number of hydrogen-bond donors (Lipinski definition) is 1. The molecule has 0 spiro atoms. The van der Waals surface area contributed by atoms with Crippen LogP contribution in [0.15, 0.2) is 0 Å². The van der Waals surface area contributed by atoms with Crippen molar-refractivity contribution in [2.45, 2.75) is 58.4 Å². The molecule has 0 bridgehead atoms. The van der Waals surface area contributed by atoms with E-state index in [0.717, 1.165) is 12.0 Å². The fourth-order valence-electron chi connectivity index (χ4n) is 3.32. The molecule has 0 saturated heterocycles. The monoisotopic (exact) mass is 193 g/mol. The third kappa shape index (κ3) is 1.41. The van der Waals surface area contributed by atoms with Crippen molar-refractivity contribution < 1.29 is 0 Å². The van der Waals surface area contributed by atoms with Gasteiger partial charge in [0.25, 0.3) is 0 Å². The molecule has 0 aromatic rings.